The number of nitrogens with one attached hydrogen (secondary N) is 4. The second-order valence-electron chi connectivity index (χ2n) is 40.6. The summed E-state index contributed by atoms with van der Waals surface area (Å²) >= 11 is 0. The van der Waals surface area contributed by atoms with E-state index in [2.05, 4.69) is 423 Å². The van der Waals surface area contributed by atoms with Crippen molar-refractivity contribution in [1.82, 2.24) is 0 Å². The Morgan fingerprint density at radius 3 is 0.746 bits per heavy atom. The average Bonchev–Trinajstić information content (AvgIpc) is 0.742. The van der Waals surface area contributed by atoms with Crippen molar-refractivity contribution in [2.24, 2.45) is 0 Å². The van der Waals surface area contributed by atoms with Gasteiger partial charge in [0, 0.05) is 251 Å². The molecule has 12 nitrogen and oxygen atoms in total. The number of aryl methyl sites for hydroxylation is 12. The van der Waals surface area contributed by atoms with Crippen molar-refractivity contribution in [3.8, 4) is 0 Å². The molecule has 142 heavy (non-hydrogen) atoms. The fourth-order valence-electron chi connectivity index (χ4n) is 24.5. The second-order valence-corrected chi connectivity index (χ2v) is 40.6. The van der Waals surface area contributed by atoms with Crippen LogP contribution in [0.2, 0.25) is 0 Å². The predicted octanol–water partition coefficient (Wildman–Crippen LogP) is 28.9. The number of anilines is 4. The summed E-state index contributed by atoms with van der Waals surface area (Å²) < 4.78 is 3.27. The number of benzene rings is 12. The van der Waals surface area contributed by atoms with E-state index in [1.165, 1.54) is 79.6 Å². The molecule has 16 rings (SSSR count). The number of para-hydroxylation sites is 4. The van der Waals surface area contributed by atoms with E-state index < -0.39 is 0 Å². The maximum atomic E-state index is 14.1. The van der Waals surface area contributed by atoms with E-state index in [0.717, 1.165) is 241 Å². The number of nitrogens with zero attached hydrogens (tertiary/aromatic N) is 4. The first-order chi connectivity index (χ1) is 66.9. The molecule has 8 atom stereocenters. The molecule has 16 heteroatoms. The van der Waals surface area contributed by atoms with Crippen LogP contribution in [0.4, 0.5) is 22.7 Å². The number of hydrogen-bond donors (Lipinski definition) is 4. The van der Waals surface area contributed by atoms with Crippen molar-refractivity contribution in [3.63, 3.8) is 0 Å². The van der Waals surface area contributed by atoms with Gasteiger partial charge in [-0.05, 0) is 197 Å². The van der Waals surface area contributed by atoms with Crippen molar-refractivity contribution in [2.45, 2.75) is 288 Å². The molecule has 0 spiro atoms. The van der Waals surface area contributed by atoms with Gasteiger partial charge in [-0.1, -0.05) is 333 Å². The molecule has 4 saturated heterocycles. The molecule has 4 aliphatic heterocycles. The van der Waals surface area contributed by atoms with Crippen LogP contribution in [0.1, 0.15) is 267 Å². The third-order valence-corrected chi connectivity index (χ3v) is 32.1. The van der Waals surface area contributed by atoms with Crippen molar-refractivity contribution in [3.05, 3.63) is 402 Å². The summed E-state index contributed by atoms with van der Waals surface area (Å²) in [5, 5.41) is 13.4. The minimum atomic E-state index is -0.121. The number of hydrogen-bond acceptors (Lipinski definition) is 4. The normalized spacial score (nSPS) is 20.4. The zero-order valence-electron chi connectivity index (χ0n) is 88.4. The van der Waals surface area contributed by atoms with Gasteiger partial charge in [0.2, 0.25) is 0 Å². The zero-order valence-corrected chi connectivity index (χ0v) is 99.8. The monoisotopic (exact) mass is 2200 g/mol. The second kappa shape index (κ2) is 57.4. The van der Waals surface area contributed by atoms with Crippen LogP contribution in [0.15, 0.2) is 291 Å². The van der Waals surface area contributed by atoms with E-state index >= 15 is 0 Å². The van der Waals surface area contributed by atoms with Gasteiger partial charge in [-0.15, -0.1) is 0 Å². The average molecular weight is 2210 g/mol. The Morgan fingerprint density at radius 1 is 0.239 bits per heavy atom. The van der Waals surface area contributed by atoms with Crippen LogP contribution < -0.4 is 21.3 Å². The fourth-order valence-corrected chi connectivity index (χ4v) is 24.5. The summed E-state index contributed by atoms with van der Waals surface area (Å²) in [6.07, 6.45) is 16.8. The molecule has 0 saturated carbocycles. The van der Waals surface area contributed by atoms with Gasteiger partial charge in [-0.25, -0.2) is 0 Å². The Morgan fingerprint density at radius 2 is 0.465 bits per heavy atom. The molecule has 4 amide bonds. The van der Waals surface area contributed by atoms with Gasteiger partial charge in [0.1, 0.15) is 38.3 Å². The first-order valence-electron chi connectivity index (χ1n) is 52.2. The third kappa shape index (κ3) is 29.2. The summed E-state index contributed by atoms with van der Waals surface area (Å²) in [7, 11) is 0. The number of amides is 4. The van der Waals surface area contributed by atoms with Crippen molar-refractivity contribution >= 4 is 46.4 Å². The quantitative estimate of drug-likeness (QED) is 0.0336. The van der Waals surface area contributed by atoms with Gasteiger partial charge < -0.3 is 39.2 Å². The van der Waals surface area contributed by atoms with Crippen LogP contribution in [0.25, 0.3) is 0 Å². The summed E-state index contributed by atoms with van der Waals surface area (Å²) in [4.78, 5) is 56.0. The maximum Gasteiger partial charge on any atom is 0.282 e. The Balaban J connectivity index is 0.000000209. The van der Waals surface area contributed by atoms with Gasteiger partial charge >= 0.3 is 0 Å². The summed E-state index contributed by atoms with van der Waals surface area (Å²) in [5.41, 5.74) is 29.3. The van der Waals surface area contributed by atoms with Crippen LogP contribution in [-0.4, -0.2) is 105 Å². The molecule has 8 unspecified atom stereocenters. The van der Waals surface area contributed by atoms with Gasteiger partial charge in [-0.2, -0.15) is 0 Å². The molecule has 0 bridgehead atoms. The minimum absolute atomic E-state index is 0. The standard InChI is InChI=1S/2C32H40N2O.2C31H38N2O.4Y/c1-5-26-17-10-11-20-28(26)23-34(22-13-12-21-30(34)27-18-8-7-9-19-27)29(6-2)32(35)33-31-24(3)15-14-16-25(31)4;1-5-26-15-10-11-18-29(26)23-34(21-19-28(20-22-34)27-16-8-7-9-17-27)30(6-2)32(35)33-31-24(3)13-12-14-25(31)4;1-5-28(31(34)32-30-24(3)15-13-16-25(30)4)33(22-27-19-10-9-14-23(27)2)21-12-11-20-29(33)26-17-7-6-8-18-26;1-5-29(31(34)32-30-24(3)13-11-14-25(30)4)33(22-28-17-10-9-12-23(28)2)20-18-27(19-21-33)26-15-7-6-8-16-26;;;;/h7-11,14-20,29-30H,5-6,12-13,21-23H2,1-4H3;7-18,28,30H,5-6,19-23H2,1-4H3;6-10,13-19,28-29H,5,11-12,20-22H2,1-4H3;6-17,27,29H,5,18-22H2,1-4H3;;;;/p+4. The van der Waals surface area contributed by atoms with E-state index in [1.54, 1.807) is 0 Å². The Labute approximate surface area is 954 Å². The smallest absolute Gasteiger partial charge is 0.282 e. The third-order valence-electron chi connectivity index (χ3n) is 32.1. The Hall–Kier alpha value is -7.22. The van der Waals surface area contributed by atoms with Gasteiger partial charge in [0.15, 0.2) is 24.2 Å². The molecule has 4 radical (unpaired) electrons. The molecule has 4 aliphatic rings. The largest absolute Gasteiger partial charge is 0.320 e. The number of rotatable bonds is 30. The number of piperidine rings is 4. The number of likely N-dealkylation sites (tertiary alicyclic amines) is 4. The van der Waals surface area contributed by atoms with Crippen LogP contribution in [-0.2, 0) is 189 Å². The molecule has 736 valence electrons. The predicted molar refractivity (Wildman–Crippen MR) is 576 cm³/mol. The first kappa shape index (κ1) is 118. The summed E-state index contributed by atoms with van der Waals surface area (Å²) in [6.45, 7) is 44.0. The van der Waals surface area contributed by atoms with Crippen LogP contribution in [0.5, 0.6) is 0 Å². The van der Waals surface area contributed by atoms with E-state index in [1.807, 2.05) is 0 Å². The number of carbonyl (C=O) groups is 4. The van der Waals surface area contributed by atoms with Gasteiger partial charge in [0.05, 0.1) is 39.3 Å². The van der Waals surface area contributed by atoms with Crippen LogP contribution in [0, 0.1) is 69.2 Å². The SMILES string of the molecule is CCC(C(=O)Nc1c(C)cccc1C)[N+]1(Cc2ccccc2C)CCC(c2ccccc2)CC1.CCC(C(=O)Nc1c(C)cccc1C)[N+]1(Cc2ccccc2C)CCCCC1c1ccccc1.CCc1ccccc1C[N+]1(C(CC)C(=O)Nc2c(C)cccc2C)CCC(c2ccccc2)CC1.CCc1ccccc1C[N+]1(C(CC)C(=O)Nc2c(C)cccc2C)CCCCC1c1ccccc1.[Y].[Y].[Y].[Y]. The molecule has 4 N–H and O–H groups in total. The van der Waals surface area contributed by atoms with Gasteiger partial charge in [-0.3, -0.25) is 19.2 Å². The van der Waals surface area contributed by atoms with Crippen LogP contribution in [0.3, 0.4) is 0 Å². The molecule has 4 fully saturated rings. The maximum absolute atomic E-state index is 14.1. The van der Waals surface area contributed by atoms with Crippen molar-refractivity contribution in [2.75, 3.05) is 60.5 Å². The molecule has 0 aliphatic carbocycles. The van der Waals surface area contributed by atoms with Crippen LogP contribution >= 0.6 is 0 Å². The number of quaternary nitrogens is 4. The van der Waals surface area contributed by atoms with Crippen molar-refractivity contribution in [1.29, 1.82) is 0 Å². The molecular formula is C126H160N8O4Y4+4. The van der Waals surface area contributed by atoms with Gasteiger partial charge in [0.25, 0.3) is 23.6 Å². The van der Waals surface area contributed by atoms with E-state index in [9.17, 15) is 19.2 Å². The summed E-state index contributed by atoms with van der Waals surface area (Å²) in [6, 6.07) is 104. The molecule has 4 heterocycles. The minimum Gasteiger partial charge on any atom is -0.320 e. The molecule has 12 aromatic carbocycles. The first-order valence-corrected chi connectivity index (χ1v) is 52.2. The van der Waals surface area contributed by atoms with E-state index in [-0.39, 0.29) is 179 Å². The Bertz CT molecular complexity index is 5900. The van der Waals surface area contributed by atoms with Crippen molar-refractivity contribution < 1.29 is 168 Å². The molecular weight excluding hydrogens is 2050 g/mol. The van der Waals surface area contributed by atoms with E-state index in [4.69, 9.17) is 0 Å². The number of carbonyl (C=O) groups excluding carboxylic acids is 4. The van der Waals surface area contributed by atoms with E-state index in [0.29, 0.717) is 23.9 Å². The molecule has 0 aromatic heterocycles. The Kier molecular flexibility index (Phi) is 47.8. The zero-order chi connectivity index (χ0) is 97.9. The molecule has 12 aromatic rings. The summed E-state index contributed by atoms with van der Waals surface area (Å²) in [5.74, 6) is 1.77. The topological polar surface area (TPSA) is 116 Å². The fraction of sp³-hybridized carbons (Fsp3) is 0.397.